The van der Waals surface area contributed by atoms with E-state index in [1.165, 1.54) is 23.5 Å². The van der Waals surface area contributed by atoms with Crippen molar-refractivity contribution in [2.75, 3.05) is 6.61 Å². The molecule has 4 aromatic rings. The molecule has 8 heteroatoms. The number of rotatable bonds is 3. The molecule has 0 bridgehead atoms. The fourth-order valence-electron chi connectivity index (χ4n) is 2.84. The van der Waals surface area contributed by atoms with E-state index in [2.05, 4.69) is 15.3 Å². The molecule has 2 aromatic heterocycles. The van der Waals surface area contributed by atoms with Crippen molar-refractivity contribution >= 4 is 16.3 Å². The molecular formula is C18H13FN4O2S. The molecule has 2 aromatic carbocycles. The second-order valence-electron chi connectivity index (χ2n) is 5.92. The Morgan fingerprint density at radius 2 is 1.88 bits per heavy atom. The average Bonchev–Trinajstić information content (AvgIpc) is 3.25. The first-order valence-corrected chi connectivity index (χ1v) is 8.92. The maximum atomic E-state index is 13.1. The van der Waals surface area contributed by atoms with E-state index in [1.807, 2.05) is 24.3 Å². The summed E-state index contributed by atoms with van der Waals surface area (Å²) in [5.41, 5.74) is 0.946. The summed E-state index contributed by atoms with van der Waals surface area (Å²) < 4.78 is 26.5. The van der Waals surface area contributed by atoms with Crippen molar-refractivity contribution < 1.29 is 13.9 Å². The molecule has 0 spiro atoms. The predicted molar refractivity (Wildman–Crippen MR) is 93.2 cm³/mol. The van der Waals surface area contributed by atoms with E-state index in [9.17, 15) is 4.39 Å². The molecular weight excluding hydrogens is 355 g/mol. The van der Waals surface area contributed by atoms with E-state index in [0.717, 1.165) is 16.3 Å². The van der Waals surface area contributed by atoms with Crippen LogP contribution in [0.4, 0.5) is 4.39 Å². The Morgan fingerprint density at radius 1 is 1.08 bits per heavy atom. The van der Waals surface area contributed by atoms with E-state index >= 15 is 0 Å². The van der Waals surface area contributed by atoms with Crippen LogP contribution in [0, 0.1) is 5.82 Å². The van der Waals surface area contributed by atoms with Crippen molar-refractivity contribution in [3.8, 4) is 11.5 Å². The van der Waals surface area contributed by atoms with Crippen LogP contribution in [0.15, 0.2) is 48.5 Å². The summed E-state index contributed by atoms with van der Waals surface area (Å²) in [6.45, 7) is 0.397. The van der Waals surface area contributed by atoms with Crippen LogP contribution in [-0.2, 0) is 6.42 Å². The molecule has 0 unspecified atom stereocenters. The Morgan fingerprint density at radius 3 is 2.73 bits per heavy atom. The quantitative estimate of drug-likeness (QED) is 0.554. The van der Waals surface area contributed by atoms with Gasteiger partial charge >= 0.3 is 0 Å². The van der Waals surface area contributed by atoms with Gasteiger partial charge in [0.05, 0.1) is 0 Å². The number of nitrogens with zero attached hydrogens (tertiary/aromatic N) is 4. The molecule has 0 saturated carbocycles. The molecule has 0 fully saturated rings. The van der Waals surface area contributed by atoms with Crippen LogP contribution in [0.5, 0.6) is 11.5 Å². The molecule has 0 amide bonds. The molecule has 1 aliphatic rings. The molecule has 26 heavy (non-hydrogen) atoms. The van der Waals surface area contributed by atoms with Gasteiger partial charge < -0.3 is 9.47 Å². The molecule has 0 radical (unpaired) electrons. The lowest BCUT2D eigenvalue weighted by atomic mass is 10.1. The third kappa shape index (κ3) is 2.68. The number of hydrogen-bond acceptors (Lipinski definition) is 6. The van der Waals surface area contributed by atoms with Crippen LogP contribution in [0.2, 0.25) is 0 Å². The largest absolute Gasteiger partial charge is 0.485 e. The Labute approximate surface area is 151 Å². The summed E-state index contributed by atoms with van der Waals surface area (Å²) in [4.78, 5) is 0.694. The van der Waals surface area contributed by atoms with Crippen LogP contribution in [0.25, 0.3) is 4.96 Å². The van der Waals surface area contributed by atoms with Gasteiger partial charge in [-0.15, -0.1) is 10.2 Å². The number of benzene rings is 2. The van der Waals surface area contributed by atoms with Crippen molar-refractivity contribution in [1.29, 1.82) is 0 Å². The van der Waals surface area contributed by atoms with Gasteiger partial charge in [-0.05, 0) is 29.8 Å². The van der Waals surface area contributed by atoms with Gasteiger partial charge in [-0.1, -0.05) is 35.6 Å². The molecule has 1 aliphatic heterocycles. The number of halogens is 1. The summed E-state index contributed by atoms with van der Waals surface area (Å²) >= 11 is 1.43. The summed E-state index contributed by atoms with van der Waals surface area (Å²) in [5, 5.41) is 13.8. The normalized spacial score (nSPS) is 16.1. The smallest absolute Gasteiger partial charge is 0.234 e. The fourth-order valence-corrected chi connectivity index (χ4v) is 3.71. The standard InChI is InChI=1S/C18H13FN4O2S/c19-12-7-5-11(6-8-12)9-16-20-21-18-23(16)22-17(26-18)15-10-24-13-3-1-2-4-14(13)25-15/h1-8,15H,9-10H2/t15-/m1/s1. The molecule has 6 nitrogen and oxygen atoms in total. The zero-order chi connectivity index (χ0) is 17.5. The lowest BCUT2D eigenvalue weighted by Crippen LogP contribution is -2.21. The highest BCUT2D eigenvalue weighted by molar-refractivity contribution is 7.16. The van der Waals surface area contributed by atoms with Crippen LogP contribution >= 0.6 is 11.3 Å². The SMILES string of the molecule is Fc1ccc(Cc2nnc3sc([C@H]4COc5ccccc5O4)nn23)cc1. The van der Waals surface area contributed by atoms with Crippen LogP contribution in [-0.4, -0.2) is 26.4 Å². The zero-order valence-electron chi connectivity index (χ0n) is 13.5. The summed E-state index contributed by atoms with van der Waals surface area (Å²) in [7, 11) is 0. The maximum absolute atomic E-state index is 13.1. The molecule has 3 heterocycles. The second-order valence-corrected chi connectivity index (χ2v) is 6.91. The highest BCUT2D eigenvalue weighted by Crippen LogP contribution is 2.36. The number of fused-ring (bicyclic) bond motifs is 2. The highest BCUT2D eigenvalue weighted by atomic mass is 32.1. The van der Waals surface area contributed by atoms with Gasteiger partial charge in [0.2, 0.25) is 4.96 Å². The molecule has 0 saturated heterocycles. The van der Waals surface area contributed by atoms with Crippen molar-refractivity contribution in [3.05, 3.63) is 70.7 Å². The van der Waals surface area contributed by atoms with Gasteiger partial charge in [-0.25, -0.2) is 4.39 Å². The molecule has 0 N–H and O–H groups in total. The maximum Gasteiger partial charge on any atom is 0.234 e. The minimum absolute atomic E-state index is 0.259. The summed E-state index contributed by atoms with van der Waals surface area (Å²) in [6, 6.07) is 13.9. The van der Waals surface area contributed by atoms with Gasteiger partial charge in [-0.3, -0.25) is 0 Å². The van der Waals surface area contributed by atoms with E-state index in [4.69, 9.17) is 9.47 Å². The Balaban J connectivity index is 1.42. The van der Waals surface area contributed by atoms with E-state index in [1.54, 1.807) is 16.6 Å². The van der Waals surface area contributed by atoms with Crippen molar-refractivity contribution in [1.82, 2.24) is 19.8 Å². The number of ether oxygens (including phenoxy) is 2. The van der Waals surface area contributed by atoms with Gasteiger partial charge in [0, 0.05) is 6.42 Å². The van der Waals surface area contributed by atoms with Crippen molar-refractivity contribution in [2.45, 2.75) is 12.5 Å². The monoisotopic (exact) mass is 368 g/mol. The third-order valence-electron chi connectivity index (χ3n) is 4.13. The Kier molecular flexibility index (Phi) is 3.56. The topological polar surface area (TPSA) is 61.5 Å². The molecule has 130 valence electrons. The minimum Gasteiger partial charge on any atom is -0.485 e. The first-order valence-electron chi connectivity index (χ1n) is 8.10. The number of para-hydroxylation sites is 2. The van der Waals surface area contributed by atoms with Crippen LogP contribution in [0.3, 0.4) is 0 Å². The molecule has 1 atom stereocenters. The third-order valence-corrected chi connectivity index (χ3v) is 5.12. The Hall–Kier alpha value is -3.00. The minimum atomic E-state index is -0.282. The van der Waals surface area contributed by atoms with Crippen LogP contribution in [0.1, 0.15) is 22.5 Å². The second kappa shape index (κ2) is 6.06. The van der Waals surface area contributed by atoms with Crippen molar-refractivity contribution in [2.24, 2.45) is 0 Å². The van der Waals surface area contributed by atoms with Crippen molar-refractivity contribution in [3.63, 3.8) is 0 Å². The van der Waals surface area contributed by atoms with Gasteiger partial charge in [0.15, 0.2) is 28.4 Å². The number of hydrogen-bond donors (Lipinski definition) is 0. The number of aromatic nitrogens is 4. The highest BCUT2D eigenvalue weighted by Gasteiger charge is 2.26. The average molecular weight is 368 g/mol. The fraction of sp³-hybridized carbons (Fsp3) is 0.167. The predicted octanol–water partition coefficient (Wildman–Crippen LogP) is 3.43. The van der Waals surface area contributed by atoms with Crippen LogP contribution < -0.4 is 9.47 Å². The first-order chi connectivity index (χ1) is 12.8. The lowest BCUT2D eigenvalue weighted by molar-refractivity contribution is 0.0904. The van der Waals surface area contributed by atoms with E-state index < -0.39 is 0 Å². The van der Waals surface area contributed by atoms with Gasteiger partial charge in [0.1, 0.15) is 12.4 Å². The van der Waals surface area contributed by atoms with Gasteiger partial charge in [0.25, 0.3) is 0 Å². The lowest BCUT2D eigenvalue weighted by Gasteiger charge is -2.24. The molecule has 5 rings (SSSR count). The first kappa shape index (κ1) is 15.3. The zero-order valence-corrected chi connectivity index (χ0v) is 14.3. The van der Waals surface area contributed by atoms with E-state index in [0.29, 0.717) is 29.6 Å². The summed E-state index contributed by atoms with van der Waals surface area (Å²) in [6.07, 6.45) is 0.241. The Bertz CT molecular complexity index is 1080. The van der Waals surface area contributed by atoms with Gasteiger partial charge in [-0.2, -0.15) is 9.61 Å². The van der Waals surface area contributed by atoms with E-state index in [-0.39, 0.29) is 11.9 Å². The summed E-state index contributed by atoms with van der Waals surface area (Å²) in [5.74, 6) is 1.89. The molecule has 0 aliphatic carbocycles.